The smallest absolute Gasteiger partial charge is 0.251 e. The molecular formula is C28H36ClFN4O2. The third kappa shape index (κ3) is 6.64. The molecule has 2 N–H and O–H groups in total. The second-order valence-corrected chi connectivity index (χ2v) is 10.4. The van der Waals surface area contributed by atoms with E-state index < -0.39 is 5.82 Å². The van der Waals surface area contributed by atoms with E-state index in [4.69, 9.17) is 11.6 Å². The first-order chi connectivity index (χ1) is 17.3. The number of hydrogen-bond acceptors (Lipinski definition) is 4. The monoisotopic (exact) mass is 514 g/mol. The fourth-order valence-electron chi connectivity index (χ4n) is 5.26. The highest BCUT2D eigenvalue weighted by atomic mass is 35.5. The molecule has 2 saturated heterocycles. The van der Waals surface area contributed by atoms with Crippen molar-refractivity contribution >= 4 is 23.4 Å². The van der Waals surface area contributed by atoms with E-state index in [1.807, 2.05) is 12.1 Å². The Hall–Kier alpha value is -2.48. The average molecular weight is 515 g/mol. The number of benzene rings is 2. The highest BCUT2D eigenvalue weighted by Crippen LogP contribution is 2.27. The summed E-state index contributed by atoms with van der Waals surface area (Å²) < 4.78 is 13.4. The summed E-state index contributed by atoms with van der Waals surface area (Å²) in [6.45, 7) is 9.82. The first-order valence-corrected chi connectivity index (χ1v) is 13.3. The van der Waals surface area contributed by atoms with Crippen molar-refractivity contribution in [1.29, 1.82) is 0 Å². The summed E-state index contributed by atoms with van der Waals surface area (Å²) in [5, 5.41) is 6.06. The lowest BCUT2D eigenvalue weighted by molar-refractivity contribution is 0.0894. The minimum Gasteiger partial charge on any atom is -0.351 e. The third-order valence-electron chi connectivity index (χ3n) is 7.49. The predicted octanol–water partition coefficient (Wildman–Crippen LogP) is 4.57. The number of halogens is 2. The fourth-order valence-corrected chi connectivity index (χ4v) is 5.44. The lowest BCUT2D eigenvalue weighted by Crippen LogP contribution is -2.45. The van der Waals surface area contributed by atoms with E-state index in [2.05, 4.69) is 40.3 Å². The van der Waals surface area contributed by atoms with E-state index in [0.29, 0.717) is 17.7 Å². The van der Waals surface area contributed by atoms with Crippen LogP contribution in [0.2, 0.25) is 5.02 Å². The van der Waals surface area contributed by atoms with Crippen molar-refractivity contribution in [3.63, 3.8) is 0 Å². The van der Waals surface area contributed by atoms with Crippen LogP contribution in [0, 0.1) is 12.7 Å². The zero-order chi connectivity index (χ0) is 25.7. The zero-order valence-corrected chi connectivity index (χ0v) is 21.9. The molecule has 4 rings (SSSR count). The van der Waals surface area contributed by atoms with Gasteiger partial charge in [-0.1, -0.05) is 17.7 Å². The van der Waals surface area contributed by atoms with Gasteiger partial charge in [0, 0.05) is 49.4 Å². The number of amides is 2. The SMILES string of the molecule is Cc1cc(C(=O)NCCN2CCCC2)ccc1C(C)N1CCC(NC(=O)c2ccc(F)c(Cl)c2)CC1. The Morgan fingerprint density at radius 2 is 1.69 bits per heavy atom. The maximum Gasteiger partial charge on any atom is 0.251 e. The molecule has 0 radical (unpaired) electrons. The largest absolute Gasteiger partial charge is 0.351 e. The van der Waals surface area contributed by atoms with Gasteiger partial charge >= 0.3 is 0 Å². The van der Waals surface area contributed by atoms with E-state index in [0.717, 1.165) is 51.1 Å². The van der Waals surface area contributed by atoms with E-state index in [-0.39, 0.29) is 28.9 Å². The summed E-state index contributed by atoms with van der Waals surface area (Å²) in [6.07, 6.45) is 4.18. The summed E-state index contributed by atoms with van der Waals surface area (Å²) >= 11 is 5.81. The van der Waals surface area contributed by atoms with Crippen LogP contribution in [-0.2, 0) is 0 Å². The first kappa shape index (κ1) is 26.6. The van der Waals surface area contributed by atoms with E-state index in [1.54, 1.807) is 0 Å². The second kappa shape index (κ2) is 12.2. The Bertz CT molecular complexity index is 1080. The van der Waals surface area contributed by atoms with E-state index >= 15 is 0 Å². The van der Waals surface area contributed by atoms with Gasteiger partial charge in [-0.3, -0.25) is 14.5 Å². The molecule has 0 bridgehead atoms. The van der Waals surface area contributed by atoms with Crippen molar-refractivity contribution in [2.45, 2.75) is 51.6 Å². The highest BCUT2D eigenvalue weighted by molar-refractivity contribution is 6.31. The molecule has 1 atom stereocenters. The predicted molar refractivity (Wildman–Crippen MR) is 141 cm³/mol. The standard InChI is InChI=1S/C28H36ClFN4O2/c1-19-17-21(27(35)31-11-16-33-12-3-4-13-33)5-7-24(19)20(2)34-14-9-23(10-15-34)32-28(36)22-6-8-26(30)25(29)18-22/h5-8,17-18,20,23H,3-4,9-16H2,1-2H3,(H,31,35)(H,32,36). The van der Waals surface area contributed by atoms with Crippen LogP contribution in [0.5, 0.6) is 0 Å². The van der Waals surface area contributed by atoms with Gasteiger partial charge in [0.1, 0.15) is 5.82 Å². The van der Waals surface area contributed by atoms with E-state index in [1.165, 1.54) is 36.6 Å². The van der Waals surface area contributed by atoms with Crippen LogP contribution in [0.4, 0.5) is 4.39 Å². The van der Waals surface area contributed by atoms with Gasteiger partial charge in [-0.05, 0) is 94.1 Å². The number of carbonyl (C=O) groups is 2. The van der Waals surface area contributed by atoms with Gasteiger partial charge in [0.2, 0.25) is 0 Å². The zero-order valence-electron chi connectivity index (χ0n) is 21.2. The van der Waals surface area contributed by atoms with Crippen molar-refractivity contribution in [3.05, 3.63) is 69.5 Å². The van der Waals surface area contributed by atoms with Gasteiger partial charge < -0.3 is 15.5 Å². The quantitative estimate of drug-likeness (QED) is 0.541. The molecule has 8 heteroatoms. The molecule has 0 aliphatic carbocycles. The number of rotatable bonds is 8. The summed E-state index contributed by atoms with van der Waals surface area (Å²) in [6, 6.07) is 10.3. The molecule has 2 aliphatic rings. The van der Waals surface area contributed by atoms with Crippen LogP contribution < -0.4 is 10.6 Å². The summed E-state index contributed by atoms with van der Waals surface area (Å²) in [5.74, 6) is -0.777. The minimum atomic E-state index is -0.531. The number of hydrogen-bond donors (Lipinski definition) is 2. The number of likely N-dealkylation sites (tertiary alicyclic amines) is 2. The van der Waals surface area contributed by atoms with Gasteiger partial charge in [-0.2, -0.15) is 0 Å². The topological polar surface area (TPSA) is 64.7 Å². The van der Waals surface area contributed by atoms with Crippen LogP contribution in [0.3, 0.4) is 0 Å². The molecular weight excluding hydrogens is 479 g/mol. The number of aryl methyl sites for hydroxylation is 1. The van der Waals surface area contributed by atoms with Crippen LogP contribution in [0.25, 0.3) is 0 Å². The minimum absolute atomic E-state index is 0.0181. The Balaban J connectivity index is 1.26. The number of piperidine rings is 1. The van der Waals surface area contributed by atoms with Gasteiger partial charge in [0.25, 0.3) is 11.8 Å². The Morgan fingerprint density at radius 1 is 1.03 bits per heavy atom. The van der Waals surface area contributed by atoms with Crippen LogP contribution in [0.15, 0.2) is 36.4 Å². The van der Waals surface area contributed by atoms with Gasteiger partial charge in [-0.25, -0.2) is 4.39 Å². The fraction of sp³-hybridized carbons (Fsp3) is 0.500. The number of carbonyl (C=O) groups excluding carboxylic acids is 2. The molecule has 2 aliphatic heterocycles. The normalized spacial score (nSPS) is 18.2. The van der Waals surface area contributed by atoms with Crippen LogP contribution >= 0.6 is 11.6 Å². The maximum atomic E-state index is 13.4. The maximum absolute atomic E-state index is 13.4. The molecule has 0 saturated carbocycles. The van der Waals surface area contributed by atoms with Gasteiger partial charge in [-0.15, -0.1) is 0 Å². The molecule has 2 fully saturated rings. The molecule has 2 aromatic carbocycles. The van der Waals surface area contributed by atoms with Gasteiger partial charge in [0.05, 0.1) is 5.02 Å². The summed E-state index contributed by atoms with van der Waals surface area (Å²) in [7, 11) is 0. The molecule has 36 heavy (non-hydrogen) atoms. The van der Waals surface area contributed by atoms with Crippen molar-refractivity contribution in [3.8, 4) is 0 Å². The Morgan fingerprint density at radius 3 is 2.36 bits per heavy atom. The molecule has 2 aromatic rings. The van der Waals surface area contributed by atoms with Crippen molar-refractivity contribution < 1.29 is 14.0 Å². The highest BCUT2D eigenvalue weighted by Gasteiger charge is 2.26. The molecule has 6 nitrogen and oxygen atoms in total. The van der Waals surface area contributed by atoms with E-state index in [9.17, 15) is 14.0 Å². The lowest BCUT2D eigenvalue weighted by Gasteiger charge is -2.37. The Labute approximate surface area is 218 Å². The first-order valence-electron chi connectivity index (χ1n) is 12.9. The third-order valence-corrected chi connectivity index (χ3v) is 7.78. The molecule has 0 aromatic heterocycles. The van der Waals surface area contributed by atoms with Crippen LogP contribution in [0.1, 0.15) is 70.5 Å². The van der Waals surface area contributed by atoms with Crippen LogP contribution in [-0.4, -0.2) is 66.9 Å². The average Bonchev–Trinajstić information content (AvgIpc) is 3.39. The molecule has 194 valence electrons. The number of nitrogens with one attached hydrogen (secondary N) is 2. The number of nitrogens with zero attached hydrogens (tertiary/aromatic N) is 2. The van der Waals surface area contributed by atoms with Crippen molar-refractivity contribution in [1.82, 2.24) is 20.4 Å². The van der Waals surface area contributed by atoms with Crippen molar-refractivity contribution in [2.24, 2.45) is 0 Å². The molecule has 1 unspecified atom stereocenters. The summed E-state index contributed by atoms with van der Waals surface area (Å²) in [4.78, 5) is 30.0. The van der Waals surface area contributed by atoms with Crippen molar-refractivity contribution in [2.75, 3.05) is 39.3 Å². The molecule has 2 amide bonds. The van der Waals surface area contributed by atoms with Gasteiger partial charge in [0.15, 0.2) is 0 Å². The second-order valence-electron chi connectivity index (χ2n) is 9.96. The lowest BCUT2D eigenvalue weighted by atomic mass is 9.95. The summed E-state index contributed by atoms with van der Waals surface area (Å²) in [5.41, 5.74) is 3.39. The molecule has 2 heterocycles. The Kier molecular flexibility index (Phi) is 8.99. The molecule has 0 spiro atoms.